The third kappa shape index (κ3) is 3.28. The second kappa shape index (κ2) is 7.17. The highest BCUT2D eigenvalue weighted by Crippen LogP contribution is 2.28. The molecule has 4 aromatic rings. The van der Waals surface area contributed by atoms with Gasteiger partial charge in [-0.05, 0) is 25.5 Å². The van der Waals surface area contributed by atoms with Gasteiger partial charge in [0.15, 0.2) is 10.9 Å². The van der Waals surface area contributed by atoms with Crippen LogP contribution < -0.4 is 0 Å². The summed E-state index contributed by atoms with van der Waals surface area (Å²) in [6.07, 6.45) is 0. The van der Waals surface area contributed by atoms with Crippen molar-refractivity contribution >= 4 is 11.8 Å². The summed E-state index contributed by atoms with van der Waals surface area (Å²) in [6.45, 7) is 4.06. The van der Waals surface area contributed by atoms with Crippen molar-refractivity contribution in [1.82, 2.24) is 19.9 Å². The van der Waals surface area contributed by atoms with Gasteiger partial charge in [0, 0.05) is 17.4 Å². The number of aromatic nitrogens is 4. The van der Waals surface area contributed by atoms with Gasteiger partial charge in [-0.1, -0.05) is 65.4 Å². The molecule has 0 saturated heterocycles. The van der Waals surface area contributed by atoms with Gasteiger partial charge >= 0.3 is 0 Å². The molecule has 0 aliphatic carbocycles. The van der Waals surface area contributed by atoms with Gasteiger partial charge in [0.1, 0.15) is 5.82 Å². The molecule has 0 aliphatic heterocycles. The van der Waals surface area contributed by atoms with Crippen LogP contribution in [0.2, 0.25) is 0 Å². The Balaban J connectivity index is 1.55. The Morgan fingerprint density at radius 1 is 0.962 bits per heavy atom. The summed E-state index contributed by atoms with van der Waals surface area (Å²) in [5.74, 6) is 2.31. The Hall–Kier alpha value is -2.86. The van der Waals surface area contributed by atoms with E-state index in [1.165, 1.54) is 5.56 Å². The molecule has 2 aromatic heterocycles. The SMILES string of the molecule is Cc1ccccc1-n1c(C)nnc1SCc1cc(-c2ccccc2)on1. The molecule has 0 fully saturated rings. The lowest BCUT2D eigenvalue weighted by Crippen LogP contribution is -2.01. The van der Waals surface area contributed by atoms with Crippen LogP contribution in [0.25, 0.3) is 17.0 Å². The summed E-state index contributed by atoms with van der Waals surface area (Å²) in [5.41, 5.74) is 4.19. The maximum atomic E-state index is 5.47. The van der Waals surface area contributed by atoms with Crippen LogP contribution in [-0.4, -0.2) is 19.9 Å². The molecule has 2 heterocycles. The van der Waals surface area contributed by atoms with Crippen molar-refractivity contribution in [2.24, 2.45) is 0 Å². The first kappa shape index (κ1) is 16.6. The van der Waals surface area contributed by atoms with Crippen LogP contribution >= 0.6 is 11.8 Å². The van der Waals surface area contributed by atoms with Crippen molar-refractivity contribution in [3.8, 4) is 17.0 Å². The van der Waals surface area contributed by atoms with E-state index in [0.29, 0.717) is 5.75 Å². The molecule has 0 aliphatic rings. The molecule has 0 radical (unpaired) electrons. The zero-order valence-corrected chi connectivity index (χ0v) is 15.4. The number of para-hydroxylation sites is 1. The van der Waals surface area contributed by atoms with E-state index in [1.54, 1.807) is 11.8 Å². The van der Waals surface area contributed by atoms with E-state index in [9.17, 15) is 0 Å². The molecule has 0 atom stereocenters. The standard InChI is InChI=1S/C20H18N4OS/c1-14-8-6-7-11-18(14)24-15(2)21-22-20(24)26-13-17-12-19(25-23-17)16-9-4-3-5-10-16/h3-12H,13H2,1-2H3. The van der Waals surface area contributed by atoms with Gasteiger partial charge in [0.2, 0.25) is 0 Å². The van der Waals surface area contributed by atoms with Crippen LogP contribution in [0.4, 0.5) is 0 Å². The van der Waals surface area contributed by atoms with E-state index in [4.69, 9.17) is 4.52 Å². The van der Waals surface area contributed by atoms with Crippen molar-refractivity contribution in [3.63, 3.8) is 0 Å². The summed E-state index contributed by atoms with van der Waals surface area (Å²) in [6, 6.07) is 20.2. The molecule has 4 rings (SSSR count). The second-order valence-corrected chi connectivity index (χ2v) is 6.93. The molecule has 0 unspecified atom stereocenters. The van der Waals surface area contributed by atoms with Gasteiger partial charge in [-0.2, -0.15) is 0 Å². The summed E-state index contributed by atoms with van der Waals surface area (Å²) < 4.78 is 7.55. The van der Waals surface area contributed by atoms with Crippen LogP contribution in [-0.2, 0) is 5.75 Å². The Labute approximate surface area is 156 Å². The second-order valence-electron chi connectivity index (χ2n) is 5.99. The van der Waals surface area contributed by atoms with Crippen LogP contribution in [0.3, 0.4) is 0 Å². The molecular weight excluding hydrogens is 344 g/mol. The number of thioether (sulfide) groups is 1. The molecule has 0 saturated carbocycles. The summed E-state index contributed by atoms with van der Waals surface area (Å²) in [4.78, 5) is 0. The van der Waals surface area contributed by atoms with Crippen molar-refractivity contribution in [1.29, 1.82) is 0 Å². The van der Waals surface area contributed by atoms with E-state index in [1.807, 2.05) is 55.5 Å². The zero-order chi connectivity index (χ0) is 17.9. The lowest BCUT2D eigenvalue weighted by molar-refractivity contribution is 0.426. The van der Waals surface area contributed by atoms with E-state index < -0.39 is 0 Å². The van der Waals surface area contributed by atoms with E-state index >= 15 is 0 Å². The predicted octanol–water partition coefficient (Wildman–Crippen LogP) is 4.83. The summed E-state index contributed by atoms with van der Waals surface area (Å²) in [7, 11) is 0. The highest BCUT2D eigenvalue weighted by atomic mass is 32.2. The number of aryl methyl sites for hydroxylation is 2. The first-order chi connectivity index (χ1) is 12.7. The minimum atomic E-state index is 0.667. The average Bonchev–Trinajstić information content (AvgIpc) is 3.28. The van der Waals surface area contributed by atoms with Crippen molar-refractivity contribution < 1.29 is 4.52 Å². The third-order valence-electron chi connectivity index (χ3n) is 4.12. The molecule has 0 amide bonds. The molecule has 2 aromatic carbocycles. The fourth-order valence-electron chi connectivity index (χ4n) is 2.78. The lowest BCUT2D eigenvalue weighted by Gasteiger charge is -2.10. The highest BCUT2D eigenvalue weighted by Gasteiger charge is 2.14. The number of nitrogens with zero attached hydrogens (tertiary/aromatic N) is 4. The molecule has 5 nitrogen and oxygen atoms in total. The molecular formula is C20H18N4OS. The molecule has 26 heavy (non-hydrogen) atoms. The van der Waals surface area contributed by atoms with Crippen LogP contribution in [0.5, 0.6) is 0 Å². The maximum Gasteiger partial charge on any atom is 0.196 e. The van der Waals surface area contributed by atoms with Gasteiger partial charge in [-0.25, -0.2) is 0 Å². The van der Waals surface area contributed by atoms with Crippen LogP contribution in [0.1, 0.15) is 17.1 Å². The molecule has 130 valence electrons. The van der Waals surface area contributed by atoms with Gasteiger partial charge in [-0.15, -0.1) is 10.2 Å². The smallest absolute Gasteiger partial charge is 0.196 e. The molecule has 0 bridgehead atoms. The van der Waals surface area contributed by atoms with Gasteiger partial charge in [-0.3, -0.25) is 4.57 Å². The van der Waals surface area contributed by atoms with E-state index in [0.717, 1.165) is 33.7 Å². The fourth-order valence-corrected chi connectivity index (χ4v) is 3.66. The Morgan fingerprint density at radius 3 is 2.54 bits per heavy atom. The third-order valence-corrected chi connectivity index (χ3v) is 5.08. The average molecular weight is 362 g/mol. The minimum absolute atomic E-state index is 0.667. The molecule has 6 heteroatoms. The van der Waals surface area contributed by atoms with Crippen molar-refractivity contribution in [3.05, 3.63) is 77.7 Å². The highest BCUT2D eigenvalue weighted by molar-refractivity contribution is 7.98. The number of rotatable bonds is 5. The maximum absolute atomic E-state index is 5.47. The van der Waals surface area contributed by atoms with Crippen LogP contribution in [0.15, 0.2) is 70.3 Å². The van der Waals surface area contributed by atoms with E-state index in [-0.39, 0.29) is 0 Å². The van der Waals surface area contributed by atoms with Gasteiger partial charge in [0.05, 0.1) is 11.4 Å². The Kier molecular flexibility index (Phi) is 4.58. The largest absolute Gasteiger partial charge is 0.356 e. The first-order valence-electron chi connectivity index (χ1n) is 8.34. The predicted molar refractivity (Wildman–Crippen MR) is 102 cm³/mol. The molecule has 0 N–H and O–H groups in total. The molecule has 0 spiro atoms. The first-order valence-corrected chi connectivity index (χ1v) is 9.33. The number of benzene rings is 2. The quantitative estimate of drug-likeness (QED) is 0.476. The van der Waals surface area contributed by atoms with Crippen LogP contribution in [0, 0.1) is 13.8 Å². The topological polar surface area (TPSA) is 56.7 Å². The minimum Gasteiger partial charge on any atom is -0.356 e. The van der Waals surface area contributed by atoms with Crippen molar-refractivity contribution in [2.45, 2.75) is 24.8 Å². The van der Waals surface area contributed by atoms with Gasteiger partial charge < -0.3 is 4.52 Å². The number of hydrogen-bond acceptors (Lipinski definition) is 5. The van der Waals surface area contributed by atoms with Crippen molar-refractivity contribution in [2.75, 3.05) is 0 Å². The Bertz CT molecular complexity index is 1020. The van der Waals surface area contributed by atoms with Gasteiger partial charge in [0.25, 0.3) is 0 Å². The monoisotopic (exact) mass is 362 g/mol. The normalized spacial score (nSPS) is 11.0. The summed E-state index contributed by atoms with van der Waals surface area (Å²) >= 11 is 1.60. The summed E-state index contributed by atoms with van der Waals surface area (Å²) in [5, 5.41) is 13.6. The zero-order valence-electron chi connectivity index (χ0n) is 14.6. The lowest BCUT2D eigenvalue weighted by atomic mass is 10.2. The van der Waals surface area contributed by atoms with E-state index in [2.05, 4.69) is 39.0 Å². The Morgan fingerprint density at radius 2 is 1.73 bits per heavy atom. The number of hydrogen-bond donors (Lipinski definition) is 0. The fraction of sp³-hybridized carbons (Fsp3) is 0.150.